The number of hydrogen-bond acceptors (Lipinski definition) is 4. The molecule has 2 atom stereocenters. The second-order valence-electron chi connectivity index (χ2n) is 6.96. The maximum atomic E-state index is 13.0. The van der Waals surface area contributed by atoms with Crippen molar-refractivity contribution in [2.45, 2.75) is 38.8 Å². The van der Waals surface area contributed by atoms with Crippen molar-refractivity contribution >= 4 is 5.52 Å². The van der Waals surface area contributed by atoms with Crippen LogP contribution in [0.4, 0.5) is 0 Å². The van der Waals surface area contributed by atoms with Crippen LogP contribution < -0.4 is 10.3 Å². The zero-order valence-electron chi connectivity index (χ0n) is 15.3. The van der Waals surface area contributed by atoms with Crippen LogP contribution in [0.5, 0.6) is 5.75 Å². The first-order valence-electron chi connectivity index (χ1n) is 8.88. The highest BCUT2D eigenvalue weighted by molar-refractivity contribution is 5.45. The summed E-state index contributed by atoms with van der Waals surface area (Å²) >= 11 is 0. The van der Waals surface area contributed by atoms with E-state index in [2.05, 4.69) is 11.9 Å². The summed E-state index contributed by atoms with van der Waals surface area (Å²) in [6, 6.07) is 7.78. The fourth-order valence-electron chi connectivity index (χ4n) is 3.63. The summed E-state index contributed by atoms with van der Waals surface area (Å²) in [5.74, 6) is 1.96. The number of aryl methyl sites for hydroxylation is 1. The molecule has 2 aromatic heterocycles. The Morgan fingerprint density at radius 1 is 1.31 bits per heavy atom. The topological polar surface area (TPSA) is 57.8 Å². The smallest absolute Gasteiger partial charge is 0.276 e. The Morgan fingerprint density at radius 3 is 2.73 bits per heavy atom. The number of rotatable bonds is 4. The van der Waals surface area contributed by atoms with Crippen LogP contribution >= 0.6 is 0 Å². The molecule has 0 N–H and O–H groups in total. The van der Waals surface area contributed by atoms with Gasteiger partial charge in [0.2, 0.25) is 0 Å². The molecule has 0 radical (unpaired) electrons. The van der Waals surface area contributed by atoms with Crippen LogP contribution in [0.25, 0.3) is 5.52 Å². The SMILES string of the molecule is COc1ccc(Cn2c(C)cn3c(C4COC(C)C4)ncc3c2=O)cc1. The molecule has 0 saturated carbocycles. The van der Waals surface area contributed by atoms with E-state index in [0.717, 1.165) is 29.3 Å². The van der Waals surface area contributed by atoms with E-state index in [-0.39, 0.29) is 17.6 Å². The van der Waals surface area contributed by atoms with Crippen molar-refractivity contribution in [3.05, 3.63) is 64.1 Å². The lowest BCUT2D eigenvalue weighted by atomic mass is 10.1. The normalized spacial score (nSPS) is 20.0. The standard InChI is InChI=1S/C20H23N3O3/c1-13-10-23-18(9-21-19(23)16-8-14(2)26-12-16)20(24)22(13)11-15-4-6-17(25-3)7-5-15/h4-7,9-10,14,16H,8,11-12H2,1-3H3. The van der Waals surface area contributed by atoms with Crippen LogP contribution in [0.15, 0.2) is 41.5 Å². The molecule has 136 valence electrons. The first-order valence-corrected chi connectivity index (χ1v) is 8.88. The zero-order chi connectivity index (χ0) is 18.3. The van der Waals surface area contributed by atoms with Crippen molar-refractivity contribution < 1.29 is 9.47 Å². The molecular formula is C20H23N3O3. The predicted molar refractivity (Wildman–Crippen MR) is 99.1 cm³/mol. The average molecular weight is 353 g/mol. The van der Waals surface area contributed by atoms with E-state index < -0.39 is 0 Å². The maximum Gasteiger partial charge on any atom is 0.276 e. The lowest BCUT2D eigenvalue weighted by molar-refractivity contribution is 0.123. The van der Waals surface area contributed by atoms with Gasteiger partial charge in [-0.2, -0.15) is 0 Å². The van der Waals surface area contributed by atoms with Gasteiger partial charge in [0, 0.05) is 17.8 Å². The lowest BCUT2D eigenvalue weighted by Crippen LogP contribution is -2.25. The number of ether oxygens (including phenoxy) is 2. The molecular weight excluding hydrogens is 330 g/mol. The molecule has 0 bridgehead atoms. The van der Waals surface area contributed by atoms with Gasteiger partial charge in [-0.3, -0.25) is 9.20 Å². The molecule has 2 unspecified atom stereocenters. The van der Waals surface area contributed by atoms with E-state index in [4.69, 9.17) is 9.47 Å². The Morgan fingerprint density at radius 2 is 2.08 bits per heavy atom. The highest BCUT2D eigenvalue weighted by atomic mass is 16.5. The predicted octanol–water partition coefficient (Wildman–Crippen LogP) is 2.75. The molecule has 1 saturated heterocycles. The van der Waals surface area contributed by atoms with Gasteiger partial charge in [0.1, 0.15) is 17.1 Å². The number of aromatic nitrogens is 3. The molecule has 6 nitrogen and oxygen atoms in total. The molecule has 0 aliphatic carbocycles. The van der Waals surface area contributed by atoms with Gasteiger partial charge in [-0.1, -0.05) is 12.1 Å². The van der Waals surface area contributed by atoms with Crippen LogP contribution in [0.1, 0.15) is 36.3 Å². The van der Waals surface area contributed by atoms with Crippen molar-refractivity contribution in [2.24, 2.45) is 0 Å². The summed E-state index contributed by atoms with van der Waals surface area (Å²) in [5.41, 5.74) is 2.55. The minimum Gasteiger partial charge on any atom is -0.497 e. The first-order chi connectivity index (χ1) is 12.6. The van der Waals surface area contributed by atoms with Crippen LogP contribution in [0, 0.1) is 6.92 Å². The Kier molecular flexibility index (Phi) is 4.28. The molecule has 4 rings (SSSR count). The summed E-state index contributed by atoms with van der Waals surface area (Å²) in [5, 5.41) is 0. The largest absolute Gasteiger partial charge is 0.497 e. The maximum absolute atomic E-state index is 13.0. The van der Waals surface area contributed by atoms with Crippen LogP contribution in [-0.2, 0) is 11.3 Å². The van der Waals surface area contributed by atoms with Crippen molar-refractivity contribution in [3.8, 4) is 5.75 Å². The number of imidazole rings is 1. The summed E-state index contributed by atoms with van der Waals surface area (Å²) in [6.07, 6.45) is 4.87. The van der Waals surface area contributed by atoms with E-state index in [1.54, 1.807) is 17.9 Å². The van der Waals surface area contributed by atoms with E-state index in [0.29, 0.717) is 18.7 Å². The van der Waals surface area contributed by atoms with Gasteiger partial charge in [-0.05, 0) is 38.0 Å². The van der Waals surface area contributed by atoms with Crippen LogP contribution in [-0.4, -0.2) is 33.8 Å². The fraction of sp³-hybridized carbons (Fsp3) is 0.400. The molecule has 0 amide bonds. The van der Waals surface area contributed by atoms with Crippen molar-refractivity contribution in [1.29, 1.82) is 0 Å². The highest BCUT2D eigenvalue weighted by Crippen LogP contribution is 2.28. The first kappa shape index (κ1) is 16.8. The number of methoxy groups -OCH3 is 1. The van der Waals surface area contributed by atoms with E-state index in [9.17, 15) is 4.79 Å². The van der Waals surface area contributed by atoms with E-state index >= 15 is 0 Å². The van der Waals surface area contributed by atoms with E-state index in [1.165, 1.54) is 0 Å². The highest BCUT2D eigenvalue weighted by Gasteiger charge is 2.27. The Balaban J connectivity index is 1.71. The molecule has 1 aliphatic heterocycles. The van der Waals surface area contributed by atoms with Crippen molar-refractivity contribution in [3.63, 3.8) is 0 Å². The van der Waals surface area contributed by atoms with Gasteiger partial charge in [0.05, 0.1) is 32.6 Å². The Labute approximate surface area is 152 Å². The molecule has 0 spiro atoms. The van der Waals surface area contributed by atoms with Gasteiger partial charge in [-0.15, -0.1) is 0 Å². The van der Waals surface area contributed by atoms with Gasteiger partial charge < -0.3 is 14.0 Å². The third-order valence-corrected chi connectivity index (χ3v) is 5.09. The number of hydrogen-bond donors (Lipinski definition) is 0. The van der Waals surface area contributed by atoms with Crippen LogP contribution in [0.2, 0.25) is 0 Å². The summed E-state index contributed by atoms with van der Waals surface area (Å²) in [7, 11) is 1.64. The summed E-state index contributed by atoms with van der Waals surface area (Å²) in [6.45, 7) is 5.22. The zero-order valence-corrected chi connectivity index (χ0v) is 15.3. The lowest BCUT2D eigenvalue weighted by Gasteiger charge is -2.13. The monoisotopic (exact) mass is 353 g/mol. The molecule has 6 heteroatoms. The molecule has 3 aromatic rings. The third kappa shape index (κ3) is 2.90. The summed E-state index contributed by atoms with van der Waals surface area (Å²) in [4.78, 5) is 17.6. The Bertz CT molecular complexity index is 988. The second kappa shape index (κ2) is 6.61. The fourth-order valence-corrected chi connectivity index (χ4v) is 3.63. The minimum absolute atomic E-state index is 0.0217. The molecule has 26 heavy (non-hydrogen) atoms. The van der Waals surface area contributed by atoms with Crippen molar-refractivity contribution in [1.82, 2.24) is 14.0 Å². The average Bonchev–Trinajstić information content (AvgIpc) is 3.25. The van der Waals surface area contributed by atoms with Gasteiger partial charge >= 0.3 is 0 Å². The molecule has 1 fully saturated rings. The molecule has 1 aliphatic rings. The minimum atomic E-state index is -0.0217. The van der Waals surface area contributed by atoms with E-state index in [1.807, 2.05) is 41.8 Å². The van der Waals surface area contributed by atoms with Crippen LogP contribution in [0.3, 0.4) is 0 Å². The van der Waals surface area contributed by atoms with Gasteiger partial charge in [0.15, 0.2) is 0 Å². The summed E-state index contributed by atoms with van der Waals surface area (Å²) < 4.78 is 14.6. The second-order valence-corrected chi connectivity index (χ2v) is 6.96. The number of nitrogens with zero attached hydrogens (tertiary/aromatic N) is 3. The van der Waals surface area contributed by atoms with Crippen molar-refractivity contribution in [2.75, 3.05) is 13.7 Å². The van der Waals surface area contributed by atoms with Gasteiger partial charge in [-0.25, -0.2) is 4.98 Å². The Hall–Kier alpha value is -2.60. The van der Waals surface area contributed by atoms with Gasteiger partial charge in [0.25, 0.3) is 5.56 Å². The molecule has 1 aromatic carbocycles. The number of fused-ring (bicyclic) bond motifs is 1. The molecule has 3 heterocycles. The quantitative estimate of drug-likeness (QED) is 0.724. The third-order valence-electron chi connectivity index (χ3n) is 5.09. The number of benzene rings is 1.